The number of benzene rings is 1. The van der Waals surface area contributed by atoms with Gasteiger partial charge in [0, 0.05) is 24.5 Å². The SMILES string of the molecule is CC(C)N(C)c1cccc(NC(=O)CS(=O)(=O)C2CCCC2)c1. The van der Waals surface area contributed by atoms with Crippen molar-refractivity contribution in [2.45, 2.75) is 50.8 Å². The number of hydrogen-bond acceptors (Lipinski definition) is 4. The van der Waals surface area contributed by atoms with E-state index < -0.39 is 21.5 Å². The second kappa shape index (κ2) is 7.34. The molecule has 23 heavy (non-hydrogen) atoms. The Balaban J connectivity index is 2.01. The van der Waals surface area contributed by atoms with E-state index >= 15 is 0 Å². The standard InChI is InChI=1S/C17H26N2O3S/c1-13(2)19(3)15-8-6-7-14(11-15)18-17(20)12-23(21,22)16-9-4-5-10-16/h6-8,11,13,16H,4-5,9-10,12H2,1-3H3,(H,18,20). The largest absolute Gasteiger partial charge is 0.372 e. The van der Waals surface area contributed by atoms with Crippen LogP contribution in [0.1, 0.15) is 39.5 Å². The number of sulfone groups is 1. The Bertz CT molecular complexity index is 650. The molecule has 6 heteroatoms. The van der Waals surface area contributed by atoms with E-state index in [0.29, 0.717) is 24.6 Å². The lowest BCUT2D eigenvalue weighted by molar-refractivity contribution is -0.113. The molecule has 1 saturated carbocycles. The first-order chi connectivity index (χ1) is 10.8. The molecule has 0 heterocycles. The smallest absolute Gasteiger partial charge is 0.239 e. The molecular weight excluding hydrogens is 312 g/mol. The van der Waals surface area contributed by atoms with E-state index in [1.54, 1.807) is 6.07 Å². The fourth-order valence-electron chi connectivity index (χ4n) is 2.85. The molecule has 0 spiro atoms. The minimum absolute atomic E-state index is 0.337. The van der Waals surface area contributed by atoms with Gasteiger partial charge in [-0.3, -0.25) is 4.79 Å². The van der Waals surface area contributed by atoms with Crippen molar-refractivity contribution in [2.75, 3.05) is 23.0 Å². The Labute approximate surface area is 139 Å². The highest BCUT2D eigenvalue weighted by Crippen LogP contribution is 2.25. The van der Waals surface area contributed by atoms with Crippen LogP contribution in [0.3, 0.4) is 0 Å². The van der Waals surface area contributed by atoms with E-state index in [-0.39, 0.29) is 5.25 Å². The molecule has 0 unspecified atom stereocenters. The van der Waals surface area contributed by atoms with Gasteiger partial charge in [0.1, 0.15) is 5.75 Å². The lowest BCUT2D eigenvalue weighted by Gasteiger charge is -2.24. The zero-order valence-electron chi connectivity index (χ0n) is 14.1. The maximum atomic E-state index is 12.2. The van der Waals surface area contributed by atoms with Gasteiger partial charge in [-0.1, -0.05) is 18.9 Å². The van der Waals surface area contributed by atoms with Gasteiger partial charge < -0.3 is 10.2 Å². The van der Waals surface area contributed by atoms with Crippen molar-refractivity contribution in [3.05, 3.63) is 24.3 Å². The highest BCUT2D eigenvalue weighted by molar-refractivity contribution is 7.92. The molecule has 1 aliphatic rings. The molecule has 0 saturated heterocycles. The van der Waals surface area contributed by atoms with E-state index in [1.165, 1.54) is 0 Å². The van der Waals surface area contributed by atoms with E-state index in [1.807, 2.05) is 25.2 Å². The maximum Gasteiger partial charge on any atom is 0.239 e. The summed E-state index contributed by atoms with van der Waals surface area (Å²) in [5.74, 6) is -0.886. The summed E-state index contributed by atoms with van der Waals surface area (Å²) in [6.45, 7) is 4.17. The zero-order valence-corrected chi connectivity index (χ0v) is 14.9. The molecule has 0 atom stereocenters. The van der Waals surface area contributed by atoms with Crippen LogP contribution in [0, 0.1) is 0 Å². The number of nitrogens with one attached hydrogen (secondary N) is 1. The van der Waals surface area contributed by atoms with Gasteiger partial charge in [0.2, 0.25) is 5.91 Å². The van der Waals surface area contributed by atoms with Crippen molar-refractivity contribution in [1.82, 2.24) is 0 Å². The molecule has 1 N–H and O–H groups in total. The fourth-order valence-corrected chi connectivity index (χ4v) is 4.57. The summed E-state index contributed by atoms with van der Waals surface area (Å²) < 4.78 is 24.5. The molecule has 1 aromatic rings. The second-order valence-electron chi connectivity index (χ2n) is 6.52. The number of carbonyl (C=O) groups is 1. The number of carbonyl (C=O) groups excluding carboxylic acids is 1. The van der Waals surface area contributed by atoms with Gasteiger partial charge in [-0.2, -0.15) is 0 Å². The fraction of sp³-hybridized carbons (Fsp3) is 0.588. The van der Waals surface area contributed by atoms with Gasteiger partial charge in [-0.15, -0.1) is 0 Å². The molecule has 1 amide bonds. The van der Waals surface area contributed by atoms with Crippen LogP contribution in [0.2, 0.25) is 0 Å². The summed E-state index contributed by atoms with van der Waals surface area (Å²) in [7, 11) is -1.36. The third-order valence-corrected chi connectivity index (χ3v) is 6.61. The maximum absolute atomic E-state index is 12.2. The Kier molecular flexibility index (Phi) is 5.68. The number of amides is 1. The minimum Gasteiger partial charge on any atom is -0.372 e. The number of nitrogens with zero attached hydrogens (tertiary/aromatic N) is 1. The first-order valence-corrected chi connectivity index (χ1v) is 9.85. The number of hydrogen-bond donors (Lipinski definition) is 1. The summed E-state index contributed by atoms with van der Waals surface area (Å²) in [5.41, 5.74) is 1.61. The Morgan fingerprint density at radius 2 is 1.96 bits per heavy atom. The summed E-state index contributed by atoms with van der Waals surface area (Å²) in [6.07, 6.45) is 3.25. The van der Waals surface area contributed by atoms with Gasteiger partial charge in [0.15, 0.2) is 9.84 Å². The third kappa shape index (κ3) is 4.70. The second-order valence-corrected chi connectivity index (χ2v) is 8.80. The molecule has 0 aliphatic heterocycles. The van der Waals surface area contributed by atoms with E-state index in [0.717, 1.165) is 18.5 Å². The average Bonchev–Trinajstić information content (AvgIpc) is 3.01. The van der Waals surface area contributed by atoms with E-state index in [2.05, 4.69) is 24.1 Å². The van der Waals surface area contributed by atoms with Crippen molar-refractivity contribution in [2.24, 2.45) is 0 Å². The number of rotatable bonds is 6. The average molecular weight is 338 g/mol. The molecule has 2 rings (SSSR count). The van der Waals surface area contributed by atoms with Gasteiger partial charge >= 0.3 is 0 Å². The topological polar surface area (TPSA) is 66.5 Å². The number of anilines is 2. The first kappa shape index (κ1) is 17.8. The predicted molar refractivity (Wildman–Crippen MR) is 94.7 cm³/mol. The normalized spacial score (nSPS) is 15.8. The van der Waals surface area contributed by atoms with Crippen LogP contribution in [0.15, 0.2) is 24.3 Å². The van der Waals surface area contributed by atoms with Crippen LogP contribution in [0.25, 0.3) is 0 Å². The van der Waals surface area contributed by atoms with E-state index in [9.17, 15) is 13.2 Å². The van der Waals surface area contributed by atoms with Gasteiger partial charge in [0.25, 0.3) is 0 Å². The predicted octanol–water partition coefficient (Wildman–Crippen LogP) is 2.83. The lowest BCUT2D eigenvalue weighted by atomic mass is 10.2. The third-order valence-electron chi connectivity index (χ3n) is 4.45. The van der Waals surface area contributed by atoms with Crippen LogP contribution < -0.4 is 10.2 Å². The molecule has 0 bridgehead atoms. The first-order valence-electron chi connectivity index (χ1n) is 8.14. The van der Waals surface area contributed by atoms with Crippen molar-refractivity contribution >= 4 is 27.1 Å². The van der Waals surface area contributed by atoms with Crippen LogP contribution in [-0.4, -0.2) is 38.4 Å². The summed E-state index contributed by atoms with van der Waals surface area (Å²) in [5, 5.41) is 2.37. The van der Waals surface area contributed by atoms with Crippen molar-refractivity contribution in [3.8, 4) is 0 Å². The molecule has 0 aromatic heterocycles. The Morgan fingerprint density at radius 1 is 1.30 bits per heavy atom. The molecule has 5 nitrogen and oxygen atoms in total. The van der Waals surface area contributed by atoms with Gasteiger partial charge in [-0.05, 0) is 44.9 Å². The monoisotopic (exact) mass is 338 g/mol. The highest BCUT2D eigenvalue weighted by atomic mass is 32.2. The zero-order chi connectivity index (χ0) is 17.0. The Hall–Kier alpha value is -1.56. The molecule has 1 aliphatic carbocycles. The summed E-state index contributed by atoms with van der Waals surface area (Å²) in [4.78, 5) is 14.2. The summed E-state index contributed by atoms with van der Waals surface area (Å²) >= 11 is 0. The molecule has 0 radical (unpaired) electrons. The van der Waals surface area contributed by atoms with Crippen LogP contribution >= 0.6 is 0 Å². The quantitative estimate of drug-likeness (QED) is 0.866. The van der Waals surface area contributed by atoms with Crippen LogP contribution in [-0.2, 0) is 14.6 Å². The van der Waals surface area contributed by atoms with Crippen LogP contribution in [0.5, 0.6) is 0 Å². The molecule has 1 aromatic carbocycles. The van der Waals surface area contributed by atoms with Crippen LogP contribution in [0.4, 0.5) is 11.4 Å². The lowest BCUT2D eigenvalue weighted by Crippen LogP contribution is -2.29. The molecule has 1 fully saturated rings. The van der Waals surface area contributed by atoms with Gasteiger partial charge in [0.05, 0.1) is 5.25 Å². The van der Waals surface area contributed by atoms with Gasteiger partial charge in [-0.25, -0.2) is 8.42 Å². The molecular formula is C17H26N2O3S. The summed E-state index contributed by atoms with van der Waals surface area (Å²) in [6, 6.07) is 7.79. The van der Waals surface area contributed by atoms with E-state index in [4.69, 9.17) is 0 Å². The minimum atomic E-state index is -3.34. The van der Waals surface area contributed by atoms with Crippen molar-refractivity contribution in [1.29, 1.82) is 0 Å². The highest BCUT2D eigenvalue weighted by Gasteiger charge is 2.30. The Morgan fingerprint density at radius 3 is 2.57 bits per heavy atom. The van der Waals surface area contributed by atoms with Crippen molar-refractivity contribution in [3.63, 3.8) is 0 Å². The van der Waals surface area contributed by atoms with Crippen molar-refractivity contribution < 1.29 is 13.2 Å². The molecule has 128 valence electrons.